The van der Waals surface area contributed by atoms with Crippen molar-refractivity contribution in [2.75, 3.05) is 0 Å². The molecule has 0 aromatic heterocycles. The molecule has 18 heavy (non-hydrogen) atoms. The molecule has 0 heterocycles. The first kappa shape index (κ1) is 14.2. The van der Waals surface area contributed by atoms with Crippen molar-refractivity contribution < 1.29 is 14.7 Å². The topological polar surface area (TPSA) is 66.4 Å². The molecule has 1 aromatic carbocycles. The van der Waals surface area contributed by atoms with Gasteiger partial charge in [-0.1, -0.05) is 36.8 Å². The zero-order valence-electron chi connectivity index (χ0n) is 10.6. The lowest BCUT2D eigenvalue weighted by atomic mass is 10.0. The number of unbranched alkanes of at least 4 members (excludes halogenated alkanes) is 1. The van der Waals surface area contributed by atoms with Crippen LogP contribution in [0, 0.1) is 0 Å². The molecule has 0 aliphatic rings. The van der Waals surface area contributed by atoms with Crippen LogP contribution in [0.4, 0.5) is 0 Å². The van der Waals surface area contributed by atoms with Crippen molar-refractivity contribution >= 4 is 11.9 Å². The van der Waals surface area contributed by atoms with Crippen molar-refractivity contribution in [2.45, 2.75) is 38.6 Å². The lowest BCUT2D eigenvalue weighted by Crippen LogP contribution is -2.39. The van der Waals surface area contributed by atoms with Gasteiger partial charge in [0.25, 0.3) is 0 Å². The van der Waals surface area contributed by atoms with E-state index < -0.39 is 12.0 Å². The third-order valence-electron chi connectivity index (χ3n) is 2.73. The van der Waals surface area contributed by atoms with Crippen LogP contribution in [0.25, 0.3) is 0 Å². The van der Waals surface area contributed by atoms with E-state index in [9.17, 15) is 9.59 Å². The molecule has 0 radical (unpaired) electrons. The molecular weight excluding hydrogens is 230 g/mol. The van der Waals surface area contributed by atoms with Gasteiger partial charge in [-0.15, -0.1) is 0 Å². The van der Waals surface area contributed by atoms with Crippen LogP contribution in [-0.4, -0.2) is 23.0 Å². The quantitative estimate of drug-likeness (QED) is 0.726. The number of carboxylic acid groups (broad SMARTS) is 1. The van der Waals surface area contributed by atoms with Crippen LogP contribution in [-0.2, 0) is 16.0 Å². The molecule has 1 rings (SSSR count). The van der Waals surface area contributed by atoms with Crippen LogP contribution in [0.1, 0.15) is 31.7 Å². The Balaban J connectivity index is 2.27. The molecule has 98 valence electrons. The number of rotatable bonds is 7. The first-order chi connectivity index (χ1) is 8.59. The van der Waals surface area contributed by atoms with Gasteiger partial charge in [0, 0.05) is 6.92 Å². The van der Waals surface area contributed by atoms with Crippen LogP contribution in [0.15, 0.2) is 30.3 Å². The lowest BCUT2D eigenvalue weighted by molar-refractivity contribution is -0.141. The van der Waals surface area contributed by atoms with E-state index in [2.05, 4.69) is 17.4 Å². The molecule has 1 atom stereocenters. The predicted molar refractivity (Wildman–Crippen MR) is 69.2 cm³/mol. The van der Waals surface area contributed by atoms with E-state index in [1.807, 2.05) is 18.2 Å². The van der Waals surface area contributed by atoms with Gasteiger partial charge in [-0.2, -0.15) is 0 Å². The third kappa shape index (κ3) is 5.48. The molecule has 0 aliphatic carbocycles. The molecule has 0 saturated carbocycles. The summed E-state index contributed by atoms with van der Waals surface area (Å²) in [5.74, 6) is -1.27. The highest BCUT2D eigenvalue weighted by Gasteiger charge is 2.17. The second kappa shape index (κ2) is 7.48. The van der Waals surface area contributed by atoms with Gasteiger partial charge in [0.2, 0.25) is 5.91 Å². The van der Waals surface area contributed by atoms with Crippen molar-refractivity contribution in [3.05, 3.63) is 35.9 Å². The molecule has 4 nitrogen and oxygen atoms in total. The summed E-state index contributed by atoms with van der Waals surface area (Å²) in [5, 5.41) is 11.4. The Labute approximate surface area is 107 Å². The number of benzene rings is 1. The fourth-order valence-corrected chi connectivity index (χ4v) is 1.83. The Kier molecular flexibility index (Phi) is 5.91. The maximum Gasteiger partial charge on any atom is 0.326 e. The smallest absolute Gasteiger partial charge is 0.326 e. The number of amides is 1. The predicted octanol–water partition coefficient (Wildman–Crippen LogP) is 1.99. The number of nitrogens with one attached hydrogen (secondary N) is 1. The minimum absolute atomic E-state index is 0.301. The van der Waals surface area contributed by atoms with E-state index in [4.69, 9.17) is 5.11 Å². The molecule has 4 heteroatoms. The average Bonchev–Trinajstić information content (AvgIpc) is 2.33. The Morgan fingerprint density at radius 2 is 1.89 bits per heavy atom. The SMILES string of the molecule is CC(=O)NC(CCCCc1ccccc1)C(=O)O. The number of carboxylic acids is 1. The highest BCUT2D eigenvalue weighted by Crippen LogP contribution is 2.08. The maximum atomic E-state index is 10.9. The fraction of sp³-hybridized carbons (Fsp3) is 0.429. The van der Waals surface area contributed by atoms with Crippen LogP contribution in [0.5, 0.6) is 0 Å². The monoisotopic (exact) mass is 249 g/mol. The van der Waals surface area contributed by atoms with Crippen molar-refractivity contribution in [1.29, 1.82) is 0 Å². The van der Waals surface area contributed by atoms with Crippen LogP contribution in [0.2, 0.25) is 0 Å². The summed E-state index contributed by atoms with van der Waals surface area (Å²) in [6.45, 7) is 1.33. The van der Waals surface area contributed by atoms with E-state index in [0.29, 0.717) is 6.42 Å². The minimum Gasteiger partial charge on any atom is -0.480 e. The molecule has 1 amide bonds. The summed E-state index contributed by atoms with van der Waals surface area (Å²) in [7, 11) is 0. The van der Waals surface area contributed by atoms with E-state index in [1.54, 1.807) is 0 Å². The summed E-state index contributed by atoms with van der Waals surface area (Å²) < 4.78 is 0. The van der Waals surface area contributed by atoms with Gasteiger partial charge in [-0.05, 0) is 24.8 Å². The van der Waals surface area contributed by atoms with Crippen LogP contribution < -0.4 is 5.32 Å². The van der Waals surface area contributed by atoms with E-state index in [0.717, 1.165) is 19.3 Å². The summed E-state index contributed by atoms with van der Waals surface area (Å²) >= 11 is 0. The van der Waals surface area contributed by atoms with Gasteiger partial charge in [0.1, 0.15) is 6.04 Å². The van der Waals surface area contributed by atoms with Gasteiger partial charge in [0.15, 0.2) is 0 Å². The summed E-state index contributed by atoms with van der Waals surface area (Å²) in [5.41, 5.74) is 1.25. The van der Waals surface area contributed by atoms with Gasteiger partial charge in [0.05, 0.1) is 0 Å². The number of carbonyl (C=O) groups excluding carboxylic acids is 1. The van der Waals surface area contributed by atoms with Crippen molar-refractivity contribution in [3.63, 3.8) is 0 Å². The van der Waals surface area contributed by atoms with Crippen LogP contribution >= 0.6 is 0 Å². The molecule has 0 saturated heterocycles. The highest BCUT2D eigenvalue weighted by atomic mass is 16.4. The van der Waals surface area contributed by atoms with E-state index >= 15 is 0 Å². The minimum atomic E-state index is -0.968. The summed E-state index contributed by atoms with van der Waals surface area (Å²) in [4.78, 5) is 21.7. The zero-order chi connectivity index (χ0) is 13.4. The summed E-state index contributed by atoms with van der Waals surface area (Å²) in [6.07, 6.45) is 3.12. The number of aryl methyl sites for hydroxylation is 1. The molecule has 0 bridgehead atoms. The van der Waals surface area contributed by atoms with E-state index in [1.165, 1.54) is 12.5 Å². The molecule has 0 fully saturated rings. The van der Waals surface area contributed by atoms with Gasteiger partial charge >= 0.3 is 5.97 Å². The highest BCUT2D eigenvalue weighted by molar-refractivity contribution is 5.81. The van der Waals surface area contributed by atoms with Gasteiger partial charge in [-0.3, -0.25) is 4.79 Å². The number of carbonyl (C=O) groups is 2. The molecule has 0 spiro atoms. The first-order valence-corrected chi connectivity index (χ1v) is 6.13. The normalized spacial score (nSPS) is 11.8. The van der Waals surface area contributed by atoms with Gasteiger partial charge < -0.3 is 10.4 Å². The second-order valence-corrected chi connectivity index (χ2v) is 4.32. The molecule has 2 N–H and O–H groups in total. The second-order valence-electron chi connectivity index (χ2n) is 4.32. The molecule has 1 aromatic rings. The zero-order valence-corrected chi connectivity index (χ0v) is 10.6. The fourth-order valence-electron chi connectivity index (χ4n) is 1.83. The lowest BCUT2D eigenvalue weighted by Gasteiger charge is -2.12. The van der Waals surface area contributed by atoms with Crippen LogP contribution in [0.3, 0.4) is 0 Å². The van der Waals surface area contributed by atoms with E-state index in [-0.39, 0.29) is 5.91 Å². The Morgan fingerprint density at radius 1 is 1.22 bits per heavy atom. The largest absolute Gasteiger partial charge is 0.480 e. The number of hydrogen-bond donors (Lipinski definition) is 2. The van der Waals surface area contributed by atoms with Crippen molar-refractivity contribution in [3.8, 4) is 0 Å². The summed E-state index contributed by atoms with van der Waals surface area (Å²) in [6, 6.07) is 9.31. The standard InChI is InChI=1S/C14H19NO3/c1-11(16)15-13(14(17)18)10-6-5-9-12-7-3-2-4-8-12/h2-4,7-8,13H,5-6,9-10H2,1H3,(H,15,16)(H,17,18). The maximum absolute atomic E-state index is 10.9. The Morgan fingerprint density at radius 3 is 2.44 bits per heavy atom. The average molecular weight is 249 g/mol. The molecule has 0 aliphatic heterocycles. The first-order valence-electron chi connectivity index (χ1n) is 6.13. The van der Waals surface area contributed by atoms with Gasteiger partial charge in [-0.25, -0.2) is 4.79 Å². The van der Waals surface area contributed by atoms with Crippen molar-refractivity contribution in [2.24, 2.45) is 0 Å². The Hall–Kier alpha value is -1.84. The molecule has 1 unspecified atom stereocenters. The molecular formula is C14H19NO3. The Bertz CT molecular complexity index is 389. The van der Waals surface area contributed by atoms with Crippen molar-refractivity contribution in [1.82, 2.24) is 5.32 Å². The number of hydrogen-bond acceptors (Lipinski definition) is 2. The third-order valence-corrected chi connectivity index (χ3v) is 2.73. The number of aliphatic carboxylic acids is 1.